The van der Waals surface area contributed by atoms with Gasteiger partial charge in [-0.2, -0.15) is 0 Å². The number of halogens is 1. The normalized spacial score (nSPS) is 18.0. The van der Waals surface area contributed by atoms with Crippen LogP contribution in [0.15, 0.2) is 48.5 Å². The second-order valence-electron chi connectivity index (χ2n) is 7.05. The maximum absolute atomic E-state index is 13.8. The number of aliphatic hydroxyl groups excluding tert-OH is 1. The Morgan fingerprint density at radius 2 is 1.85 bits per heavy atom. The molecule has 0 aliphatic carbocycles. The summed E-state index contributed by atoms with van der Waals surface area (Å²) in [4.78, 5) is 2.47. The lowest BCUT2D eigenvalue weighted by atomic mass is 9.91. The molecule has 1 N–H and O–H groups in total. The van der Waals surface area contributed by atoms with E-state index in [0.29, 0.717) is 12.5 Å². The van der Waals surface area contributed by atoms with Gasteiger partial charge in [0.05, 0.1) is 6.61 Å². The van der Waals surface area contributed by atoms with Crippen LogP contribution >= 0.6 is 0 Å². The summed E-state index contributed by atoms with van der Waals surface area (Å²) in [6.45, 7) is 3.34. The van der Waals surface area contributed by atoms with E-state index in [4.69, 9.17) is 9.84 Å². The van der Waals surface area contributed by atoms with Gasteiger partial charge in [0.1, 0.15) is 18.2 Å². The molecule has 0 aromatic heterocycles. The van der Waals surface area contributed by atoms with Crippen molar-refractivity contribution in [2.75, 3.05) is 26.3 Å². The van der Waals surface area contributed by atoms with Crippen LogP contribution in [-0.4, -0.2) is 36.3 Å². The van der Waals surface area contributed by atoms with Crippen molar-refractivity contribution in [2.45, 2.75) is 32.2 Å². The fourth-order valence-electron chi connectivity index (χ4n) is 3.76. The van der Waals surface area contributed by atoms with Crippen molar-refractivity contribution in [3.63, 3.8) is 0 Å². The number of nitrogens with zero attached hydrogens (tertiary/aromatic N) is 1. The van der Waals surface area contributed by atoms with E-state index >= 15 is 0 Å². The molecule has 1 saturated heterocycles. The van der Waals surface area contributed by atoms with Crippen molar-refractivity contribution in [3.8, 4) is 5.75 Å². The van der Waals surface area contributed by atoms with Crippen LogP contribution in [-0.2, 0) is 13.0 Å². The number of aryl methyl sites for hydroxylation is 1. The van der Waals surface area contributed by atoms with Crippen molar-refractivity contribution < 1.29 is 14.2 Å². The third-order valence-corrected chi connectivity index (χ3v) is 5.10. The molecule has 0 spiro atoms. The predicted octanol–water partition coefficient (Wildman–Crippen LogP) is 4.04. The fourth-order valence-corrected chi connectivity index (χ4v) is 3.76. The molecule has 0 radical (unpaired) electrons. The van der Waals surface area contributed by atoms with E-state index in [-0.39, 0.29) is 12.4 Å². The zero-order chi connectivity index (χ0) is 18.2. The minimum absolute atomic E-state index is 0.0240. The average Bonchev–Trinajstić information content (AvgIpc) is 2.67. The van der Waals surface area contributed by atoms with Crippen molar-refractivity contribution in [1.82, 2.24) is 4.90 Å². The van der Waals surface area contributed by atoms with Gasteiger partial charge >= 0.3 is 0 Å². The largest absolute Gasteiger partial charge is 0.491 e. The first-order chi connectivity index (χ1) is 12.8. The highest BCUT2D eigenvalue weighted by Crippen LogP contribution is 2.26. The first-order valence-electron chi connectivity index (χ1n) is 9.53. The van der Waals surface area contributed by atoms with E-state index in [1.54, 1.807) is 12.1 Å². The summed E-state index contributed by atoms with van der Waals surface area (Å²) in [6, 6.07) is 15.1. The molecular formula is C22H28FNO2. The Morgan fingerprint density at radius 3 is 2.65 bits per heavy atom. The molecule has 0 saturated carbocycles. The molecule has 1 aliphatic rings. The minimum atomic E-state index is -0.0878. The Morgan fingerprint density at radius 1 is 1.08 bits per heavy atom. The number of ether oxygens (including phenoxy) is 1. The van der Waals surface area contributed by atoms with Crippen LogP contribution in [0.4, 0.5) is 4.39 Å². The molecule has 1 fully saturated rings. The highest BCUT2D eigenvalue weighted by Gasteiger charge is 2.21. The molecule has 0 unspecified atom stereocenters. The van der Waals surface area contributed by atoms with Gasteiger partial charge in [-0.1, -0.05) is 36.4 Å². The molecule has 140 valence electrons. The smallest absolute Gasteiger partial charge is 0.126 e. The molecule has 0 bridgehead atoms. The van der Waals surface area contributed by atoms with Gasteiger partial charge in [-0.25, -0.2) is 4.39 Å². The lowest BCUT2D eigenvalue weighted by Gasteiger charge is -2.33. The monoisotopic (exact) mass is 357 g/mol. The molecule has 2 aromatic rings. The standard InChI is InChI=1S/C22H28FNO2/c23-21-9-3-1-7-19(21)12-11-18-6-5-13-24(16-18)17-20-8-2-4-10-22(20)26-15-14-25/h1-4,7-10,18,25H,5-6,11-17H2/t18-/m0/s1. The van der Waals surface area contributed by atoms with Gasteiger partial charge in [0.15, 0.2) is 0 Å². The van der Waals surface area contributed by atoms with Crippen LogP contribution in [0.5, 0.6) is 5.75 Å². The van der Waals surface area contributed by atoms with Crippen molar-refractivity contribution in [1.29, 1.82) is 0 Å². The SMILES string of the molecule is OCCOc1ccccc1CN1CCC[C@@H](CCc2ccccc2F)C1. The summed E-state index contributed by atoms with van der Waals surface area (Å²) in [7, 11) is 0. The highest BCUT2D eigenvalue weighted by molar-refractivity contribution is 5.33. The third kappa shape index (κ3) is 5.29. The summed E-state index contributed by atoms with van der Waals surface area (Å²) in [5, 5.41) is 8.99. The van der Waals surface area contributed by atoms with Gasteiger partial charge in [-0.3, -0.25) is 4.90 Å². The quantitative estimate of drug-likeness (QED) is 0.774. The molecule has 1 heterocycles. The van der Waals surface area contributed by atoms with E-state index in [2.05, 4.69) is 11.0 Å². The van der Waals surface area contributed by atoms with Gasteiger partial charge in [0, 0.05) is 18.7 Å². The Labute approximate surface area is 155 Å². The Hall–Kier alpha value is -1.91. The summed E-state index contributed by atoms with van der Waals surface area (Å²) in [6.07, 6.45) is 4.23. The number of benzene rings is 2. The number of piperidine rings is 1. The zero-order valence-corrected chi connectivity index (χ0v) is 15.2. The minimum Gasteiger partial charge on any atom is -0.491 e. The number of hydrogen-bond acceptors (Lipinski definition) is 3. The summed E-state index contributed by atoms with van der Waals surface area (Å²) >= 11 is 0. The molecule has 3 rings (SSSR count). The molecule has 3 nitrogen and oxygen atoms in total. The van der Waals surface area contributed by atoms with Crippen molar-refractivity contribution >= 4 is 0 Å². The van der Waals surface area contributed by atoms with Crippen LogP contribution in [0.3, 0.4) is 0 Å². The molecule has 1 aliphatic heterocycles. The van der Waals surface area contributed by atoms with Gasteiger partial charge in [-0.05, 0) is 55.8 Å². The first kappa shape index (κ1) is 18.9. The maximum atomic E-state index is 13.8. The average molecular weight is 357 g/mol. The van der Waals surface area contributed by atoms with Crippen LogP contribution in [0.2, 0.25) is 0 Å². The van der Waals surface area contributed by atoms with Crippen LogP contribution < -0.4 is 4.74 Å². The molecule has 4 heteroatoms. The Balaban J connectivity index is 1.55. The third-order valence-electron chi connectivity index (χ3n) is 5.10. The highest BCUT2D eigenvalue weighted by atomic mass is 19.1. The van der Waals surface area contributed by atoms with Crippen molar-refractivity contribution in [2.24, 2.45) is 5.92 Å². The van der Waals surface area contributed by atoms with E-state index in [9.17, 15) is 4.39 Å². The van der Waals surface area contributed by atoms with Gasteiger partial charge < -0.3 is 9.84 Å². The van der Waals surface area contributed by atoms with Crippen molar-refractivity contribution in [3.05, 3.63) is 65.5 Å². The summed E-state index contributed by atoms with van der Waals surface area (Å²) in [5.74, 6) is 1.37. The Kier molecular flexibility index (Phi) is 7.04. The molecule has 26 heavy (non-hydrogen) atoms. The number of hydrogen-bond donors (Lipinski definition) is 1. The van der Waals surface area contributed by atoms with Crippen LogP contribution in [0.1, 0.15) is 30.4 Å². The van der Waals surface area contributed by atoms with E-state index in [1.807, 2.05) is 30.3 Å². The Bertz CT molecular complexity index is 691. The predicted molar refractivity (Wildman–Crippen MR) is 102 cm³/mol. The van der Waals surface area contributed by atoms with Crippen LogP contribution in [0, 0.1) is 11.7 Å². The maximum Gasteiger partial charge on any atom is 0.126 e. The zero-order valence-electron chi connectivity index (χ0n) is 15.2. The fraction of sp³-hybridized carbons (Fsp3) is 0.455. The molecule has 0 amide bonds. The molecule has 2 aromatic carbocycles. The number of para-hydroxylation sites is 1. The lowest BCUT2D eigenvalue weighted by Crippen LogP contribution is -2.35. The second kappa shape index (κ2) is 9.70. The van der Waals surface area contributed by atoms with Gasteiger partial charge in [-0.15, -0.1) is 0 Å². The van der Waals surface area contributed by atoms with Gasteiger partial charge in [0.25, 0.3) is 0 Å². The first-order valence-corrected chi connectivity index (χ1v) is 9.53. The van der Waals surface area contributed by atoms with Gasteiger partial charge in [0.2, 0.25) is 0 Å². The summed E-state index contributed by atoms with van der Waals surface area (Å²) in [5.41, 5.74) is 1.99. The number of rotatable bonds is 8. The lowest BCUT2D eigenvalue weighted by molar-refractivity contribution is 0.157. The second-order valence-corrected chi connectivity index (χ2v) is 7.05. The summed E-state index contributed by atoms with van der Waals surface area (Å²) < 4.78 is 19.5. The van der Waals surface area contributed by atoms with E-state index in [1.165, 1.54) is 12.8 Å². The topological polar surface area (TPSA) is 32.7 Å². The molecular weight excluding hydrogens is 329 g/mol. The van der Waals surface area contributed by atoms with E-state index in [0.717, 1.165) is 49.4 Å². The number of likely N-dealkylation sites (tertiary alicyclic amines) is 1. The van der Waals surface area contributed by atoms with Crippen LogP contribution in [0.25, 0.3) is 0 Å². The molecule has 1 atom stereocenters. The van der Waals surface area contributed by atoms with E-state index < -0.39 is 0 Å². The number of aliphatic hydroxyl groups is 1.